The Bertz CT molecular complexity index is 347. The van der Waals surface area contributed by atoms with Crippen LogP contribution in [0.15, 0.2) is 21.1 Å². The second kappa shape index (κ2) is 5.60. The van der Waals surface area contributed by atoms with Crippen LogP contribution in [0.2, 0.25) is 0 Å². The molecule has 0 saturated carbocycles. The average molecular weight is 350 g/mol. The van der Waals surface area contributed by atoms with Gasteiger partial charge in [0, 0.05) is 0 Å². The summed E-state index contributed by atoms with van der Waals surface area (Å²) in [4.78, 5) is 0. The summed E-state index contributed by atoms with van der Waals surface area (Å²) in [6.45, 7) is -3.92. The van der Waals surface area contributed by atoms with Gasteiger partial charge in [0.05, 0.1) is 8.95 Å². The smallest absolute Gasteiger partial charge is 0.387 e. The zero-order valence-electron chi connectivity index (χ0n) is 7.15. The fraction of sp³-hybridized carbons (Fsp3) is 0.250. The second-order valence-corrected chi connectivity index (χ2v) is 4.05. The molecule has 0 aliphatic heterocycles. The molecule has 0 bridgehead atoms. The van der Waals surface area contributed by atoms with E-state index in [9.17, 15) is 13.2 Å². The molecule has 0 aliphatic carbocycles. The molecule has 1 rings (SSSR count). The van der Waals surface area contributed by atoms with Gasteiger partial charge in [0.1, 0.15) is 11.5 Å². The third-order valence-electron chi connectivity index (χ3n) is 1.41. The van der Waals surface area contributed by atoms with Gasteiger partial charge in [-0.3, -0.25) is 0 Å². The first-order chi connectivity index (χ1) is 7.04. The Kier molecular flexibility index (Phi) is 4.72. The molecule has 0 aliphatic rings. The van der Waals surface area contributed by atoms with Gasteiger partial charge < -0.3 is 9.47 Å². The van der Waals surface area contributed by atoms with Gasteiger partial charge in [-0.2, -0.15) is 8.78 Å². The molecule has 0 atom stereocenters. The lowest BCUT2D eigenvalue weighted by Crippen LogP contribution is -2.03. The van der Waals surface area contributed by atoms with Gasteiger partial charge in [-0.1, -0.05) is 0 Å². The molecule has 0 radical (unpaired) electrons. The van der Waals surface area contributed by atoms with Gasteiger partial charge in [0.15, 0.2) is 0 Å². The topological polar surface area (TPSA) is 18.5 Å². The van der Waals surface area contributed by atoms with Gasteiger partial charge in [-0.05, 0) is 44.0 Å². The average Bonchev–Trinajstić information content (AvgIpc) is 2.13. The maximum absolute atomic E-state index is 11.9. The summed E-state index contributed by atoms with van der Waals surface area (Å²) >= 11 is 6.03. The van der Waals surface area contributed by atoms with Crippen molar-refractivity contribution in [2.75, 3.05) is 6.86 Å². The second-order valence-electron chi connectivity index (χ2n) is 2.35. The van der Waals surface area contributed by atoms with Gasteiger partial charge >= 0.3 is 6.61 Å². The minimum atomic E-state index is -2.92. The number of hydrogen-bond acceptors (Lipinski definition) is 2. The van der Waals surface area contributed by atoms with E-state index in [1.165, 1.54) is 12.1 Å². The lowest BCUT2D eigenvalue weighted by atomic mass is 10.3. The van der Waals surface area contributed by atoms with Crippen LogP contribution in [0.25, 0.3) is 0 Å². The summed E-state index contributed by atoms with van der Waals surface area (Å²) in [5.74, 6) is 0.147. The Morgan fingerprint density at radius 3 is 2.20 bits per heavy atom. The maximum Gasteiger partial charge on any atom is 0.387 e. The quantitative estimate of drug-likeness (QED) is 0.814. The summed E-state index contributed by atoms with van der Waals surface area (Å²) in [6.07, 6.45) is 0. The highest BCUT2D eigenvalue weighted by molar-refractivity contribution is 9.11. The largest absolute Gasteiger partial charge is 0.462 e. The number of ether oxygens (including phenoxy) is 2. The maximum atomic E-state index is 11.9. The highest BCUT2D eigenvalue weighted by Gasteiger charge is 2.12. The monoisotopic (exact) mass is 348 g/mol. The van der Waals surface area contributed by atoms with Crippen molar-refractivity contribution in [2.45, 2.75) is 6.61 Å². The number of alkyl halides is 3. The van der Waals surface area contributed by atoms with Crippen molar-refractivity contribution in [1.82, 2.24) is 0 Å². The van der Waals surface area contributed by atoms with Crippen LogP contribution in [-0.2, 0) is 0 Å². The first-order valence-electron chi connectivity index (χ1n) is 3.67. The number of rotatable bonds is 4. The first kappa shape index (κ1) is 12.6. The van der Waals surface area contributed by atoms with Crippen molar-refractivity contribution < 1.29 is 22.6 Å². The van der Waals surface area contributed by atoms with Crippen molar-refractivity contribution in [1.29, 1.82) is 0 Å². The van der Waals surface area contributed by atoms with E-state index in [2.05, 4.69) is 41.3 Å². The van der Waals surface area contributed by atoms with Gasteiger partial charge in [0.2, 0.25) is 6.86 Å². The van der Waals surface area contributed by atoms with Crippen LogP contribution in [0.1, 0.15) is 0 Å². The molecule has 0 amide bonds. The predicted octanol–water partition coefficient (Wildman–Crippen LogP) is 4.12. The summed E-state index contributed by atoms with van der Waals surface area (Å²) in [7, 11) is 0. The zero-order chi connectivity index (χ0) is 11.4. The zero-order valence-corrected chi connectivity index (χ0v) is 10.3. The predicted molar refractivity (Wildman–Crippen MR) is 55.1 cm³/mol. The van der Waals surface area contributed by atoms with Crippen LogP contribution < -0.4 is 9.47 Å². The van der Waals surface area contributed by atoms with E-state index in [1.54, 1.807) is 0 Å². The number of benzene rings is 1. The van der Waals surface area contributed by atoms with Crippen LogP contribution in [-0.4, -0.2) is 13.5 Å². The van der Waals surface area contributed by atoms with E-state index in [0.717, 1.165) is 0 Å². The first-order valence-corrected chi connectivity index (χ1v) is 5.25. The molecule has 0 aromatic heterocycles. The van der Waals surface area contributed by atoms with Crippen LogP contribution in [0.3, 0.4) is 0 Å². The van der Waals surface area contributed by atoms with Crippen LogP contribution >= 0.6 is 31.9 Å². The summed E-state index contributed by atoms with van der Waals surface area (Å²) < 4.78 is 45.1. The Morgan fingerprint density at radius 1 is 1.13 bits per heavy atom. The Balaban J connectivity index is 2.97. The summed E-state index contributed by atoms with van der Waals surface area (Å²) in [6, 6.07) is 2.60. The Morgan fingerprint density at radius 2 is 1.67 bits per heavy atom. The standard InChI is InChI=1S/C8H5Br2F3O2/c9-4-2-7(15-8(12)13)5(10)1-6(4)14-3-11/h1-2,8H,3H2. The van der Waals surface area contributed by atoms with E-state index >= 15 is 0 Å². The van der Waals surface area contributed by atoms with Crippen LogP contribution in [0, 0.1) is 0 Å². The highest BCUT2D eigenvalue weighted by Crippen LogP contribution is 2.36. The fourth-order valence-electron chi connectivity index (χ4n) is 0.866. The summed E-state index contributed by atoms with van der Waals surface area (Å²) in [5.41, 5.74) is 0. The lowest BCUT2D eigenvalue weighted by Gasteiger charge is -2.10. The van der Waals surface area contributed by atoms with E-state index in [4.69, 9.17) is 0 Å². The Hall–Kier alpha value is -0.430. The SMILES string of the molecule is FCOc1cc(Br)c(OC(F)F)cc1Br. The highest BCUT2D eigenvalue weighted by atomic mass is 79.9. The molecule has 0 spiro atoms. The van der Waals surface area contributed by atoms with Gasteiger partial charge in [0.25, 0.3) is 0 Å². The van der Waals surface area contributed by atoms with Crippen molar-refractivity contribution in [2.24, 2.45) is 0 Å². The molecule has 7 heteroatoms. The van der Waals surface area contributed by atoms with E-state index < -0.39 is 13.5 Å². The van der Waals surface area contributed by atoms with Crippen molar-refractivity contribution in [3.63, 3.8) is 0 Å². The summed E-state index contributed by atoms with van der Waals surface area (Å²) in [5, 5.41) is 0. The van der Waals surface area contributed by atoms with E-state index in [0.29, 0.717) is 4.47 Å². The molecule has 0 N–H and O–H groups in total. The normalized spacial score (nSPS) is 10.5. The molecule has 84 valence electrons. The van der Waals surface area contributed by atoms with Crippen molar-refractivity contribution in [3.05, 3.63) is 21.1 Å². The van der Waals surface area contributed by atoms with Gasteiger partial charge in [-0.25, -0.2) is 4.39 Å². The van der Waals surface area contributed by atoms with Crippen molar-refractivity contribution in [3.8, 4) is 11.5 Å². The van der Waals surface area contributed by atoms with E-state index in [1.807, 2.05) is 0 Å². The molecule has 0 fully saturated rings. The minimum Gasteiger partial charge on any atom is -0.462 e. The van der Waals surface area contributed by atoms with E-state index in [-0.39, 0.29) is 16.0 Å². The molecular formula is C8H5Br2F3O2. The lowest BCUT2D eigenvalue weighted by molar-refractivity contribution is -0.0504. The molecule has 1 aromatic carbocycles. The molecule has 1 aromatic rings. The van der Waals surface area contributed by atoms with Gasteiger partial charge in [-0.15, -0.1) is 0 Å². The van der Waals surface area contributed by atoms with Crippen molar-refractivity contribution >= 4 is 31.9 Å². The molecule has 2 nitrogen and oxygen atoms in total. The molecule has 15 heavy (non-hydrogen) atoms. The molecular weight excluding hydrogens is 345 g/mol. The minimum absolute atomic E-state index is 0.0527. The molecule has 0 unspecified atom stereocenters. The third-order valence-corrected chi connectivity index (χ3v) is 2.65. The molecule has 0 heterocycles. The Labute approximate surface area is 101 Å². The van der Waals surface area contributed by atoms with Crippen LogP contribution in [0.4, 0.5) is 13.2 Å². The molecule has 0 saturated heterocycles. The third kappa shape index (κ3) is 3.57. The number of halogens is 5. The van der Waals surface area contributed by atoms with Crippen LogP contribution in [0.5, 0.6) is 11.5 Å². The number of hydrogen-bond donors (Lipinski definition) is 0. The fourth-order valence-corrected chi connectivity index (χ4v) is 1.72.